The molecule has 1 fully saturated rings. The van der Waals surface area contributed by atoms with Crippen LogP contribution in [0.1, 0.15) is 40.0 Å². The molecule has 0 bridgehead atoms. The van der Waals surface area contributed by atoms with Crippen LogP contribution in [-0.2, 0) is 4.79 Å². The lowest BCUT2D eigenvalue weighted by molar-refractivity contribution is -0.131. The first kappa shape index (κ1) is 13.3. The van der Waals surface area contributed by atoms with E-state index in [0.717, 1.165) is 19.3 Å². The second-order valence-electron chi connectivity index (χ2n) is 6.55. The van der Waals surface area contributed by atoms with E-state index >= 15 is 0 Å². The quantitative estimate of drug-likeness (QED) is 0.773. The lowest BCUT2D eigenvalue weighted by Gasteiger charge is -2.52. The van der Waals surface area contributed by atoms with Gasteiger partial charge in [0.25, 0.3) is 0 Å². The first-order valence-electron chi connectivity index (χ1n) is 6.70. The Hall–Kier alpha value is -1.14. The number of nitrogens with one attached hydrogen (secondary N) is 1. The maximum Gasteiger partial charge on any atom is 0.178 e. The zero-order valence-electron chi connectivity index (χ0n) is 11.7. The summed E-state index contributed by atoms with van der Waals surface area (Å²) in [7, 11) is 1.99. The summed E-state index contributed by atoms with van der Waals surface area (Å²) in [6.45, 7) is 6.21. The summed E-state index contributed by atoms with van der Waals surface area (Å²) in [5.41, 5.74) is -0.0858. The molecule has 2 rings (SSSR count). The van der Waals surface area contributed by atoms with Gasteiger partial charge in [0, 0.05) is 11.5 Å². The summed E-state index contributed by atoms with van der Waals surface area (Å²) >= 11 is 0. The predicted octanol–water partition coefficient (Wildman–Crippen LogP) is 2.44. The van der Waals surface area contributed by atoms with Crippen molar-refractivity contribution in [1.29, 1.82) is 5.26 Å². The minimum Gasteiger partial charge on any atom is -0.317 e. The van der Waals surface area contributed by atoms with Gasteiger partial charge in [-0.3, -0.25) is 4.79 Å². The van der Waals surface area contributed by atoms with Crippen molar-refractivity contribution < 1.29 is 4.79 Å². The Morgan fingerprint density at radius 3 is 2.61 bits per heavy atom. The molecule has 1 N–H and O–H groups in total. The summed E-state index contributed by atoms with van der Waals surface area (Å²) in [6, 6.07) is 2.58. The molecule has 0 aromatic carbocycles. The lowest BCUT2D eigenvalue weighted by Crippen LogP contribution is -2.52. The molecule has 0 radical (unpaired) electrons. The van der Waals surface area contributed by atoms with Crippen molar-refractivity contribution in [1.82, 2.24) is 5.32 Å². The molecule has 3 heteroatoms. The van der Waals surface area contributed by atoms with Crippen molar-refractivity contribution in [2.75, 3.05) is 7.05 Å². The molecule has 0 aliphatic heterocycles. The van der Waals surface area contributed by atoms with Crippen LogP contribution in [-0.4, -0.2) is 18.9 Å². The monoisotopic (exact) mass is 246 g/mol. The summed E-state index contributed by atoms with van der Waals surface area (Å²) in [4.78, 5) is 12.3. The maximum atomic E-state index is 12.3. The average molecular weight is 246 g/mol. The summed E-state index contributed by atoms with van der Waals surface area (Å²) in [5.74, 6) is 0.370. The van der Waals surface area contributed by atoms with Crippen LogP contribution in [0.4, 0.5) is 0 Å². The second kappa shape index (κ2) is 4.20. The van der Waals surface area contributed by atoms with Gasteiger partial charge in [-0.05, 0) is 37.6 Å². The van der Waals surface area contributed by atoms with Gasteiger partial charge in [-0.25, -0.2) is 0 Å². The van der Waals surface area contributed by atoms with Crippen molar-refractivity contribution in [2.45, 2.75) is 46.1 Å². The maximum absolute atomic E-state index is 12.3. The molecule has 18 heavy (non-hydrogen) atoms. The van der Waals surface area contributed by atoms with Crippen LogP contribution < -0.4 is 5.32 Å². The Labute approximate surface area is 109 Å². The fourth-order valence-electron chi connectivity index (χ4n) is 4.05. The number of carbonyl (C=O) groups excluding carboxylic acids is 1. The average Bonchev–Trinajstić information content (AvgIpc) is 2.33. The SMILES string of the molecule is CN[C@H]1CC[C@H]2C(C)(C)C(=O)C(C#N)=C[C@]2(C)C1. The molecule has 0 saturated heterocycles. The molecule has 2 aliphatic carbocycles. The Kier molecular flexibility index (Phi) is 3.11. The number of Topliss-reactive ketones (excluding diaryl/α,β-unsaturated/α-hetero) is 1. The molecule has 0 aromatic heterocycles. The first-order chi connectivity index (χ1) is 8.35. The molecule has 98 valence electrons. The molecule has 3 nitrogen and oxygen atoms in total. The molecular formula is C15H22N2O. The first-order valence-corrected chi connectivity index (χ1v) is 6.70. The molecule has 0 spiro atoms. The van der Waals surface area contributed by atoms with Crippen LogP contribution in [0, 0.1) is 28.1 Å². The fraction of sp³-hybridized carbons (Fsp3) is 0.733. The van der Waals surface area contributed by atoms with E-state index in [9.17, 15) is 4.79 Å². The number of nitrogens with zero attached hydrogens (tertiary/aromatic N) is 1. The molecular weight excluding hydrogens is 224 g/mol. The van der Waals surface area contributed by atoms with Crippen LogP contribution in [0.25, 0.3) is 0 Å². The molecule has 0 unspecified atom stereocenters. The van der Waals surface area contributed by atoms with Gasteiger partial charge in [0.05, 0.1) is 5.57 Å². The van der Waals surface area contributed by atoms with Crippen LogP contribution in [0.5, 0.6) is 0 Å². The lowest BCUT2D eigenvalue weighted by atomic mass is 9.52. The van der Waals surface area contributed by atoms with Gasteiger partial charge in [-0.15, -0.1) is 0 Å². The van der Waals surface area contributed by atoms with Crippen molar-refractivity contribution in [3.05, 3.63) is 11.6 Å². The van der Waals surface area contributed by atoms with Gasteiger partial charge in [0.2, 0.25) is 0 Å². The van der Waals surface area contributed by atoms with Crippen molar-refractivity contribution in [2.24, 2.45) is 16.7 Å². The number of hydrogen-bond acceptors (Lipinski definition) is 3. The highest BCUT2D eigenvalue weighted by Crippen LogP contribution is 2.54. The Morgan fingerprint density at radius 1 is 1.39 bits per heavy atom. The minimum absolute atomic E-state index is 0.0235. The highest BCUT2D eigenvalue weighted by atomic mass is 16.1. The smallest absolute Gasteiger partial charge is 0.178 e. The van der Waals surface area contributed by atoms with Crippen molar-refractivity contribution in [3.8, 4) is 6.07 Å². The number of nitriles is 1. The third-order valence-corrected chi connectivity index (χ3v) is 4.99. The molecule has 3 atom stereocenters. The number of fused-ring (bicyclic) bond motifs is 1. The number of rotatable bonds is 1. The molecule has 2 aliphatic rings. The van der Waals surface area contributed by atoms with Crippen molar-refractivity contribution in [3.63, 3.8) is 0 Å². The number of hydrogen-bond donors (Lipinski definition) is 1. The summed E-state index contributed by atoms with van der Waals surface area (Å²) in [5, 5.41) is 12.5. The zero-order valence-corrected chi connectivity index (χ0v) is 11.7. The number of allylic oxidation sites excluding steroid dienone is 2. The van der Waals surface area contributed by atoms with E-state index in [0.29, 0.717) is 17.5 Å². The van der Waals surface area contributed by atoms with E-state index in [4.69, 9.17) is 5.26 Å². The van der Waals surface area contributed by atoms with Gasteiger partial charge in [0.1, 0.15) is 6.07 Å². The molecule has 0 amide bonds. The fourth-order valence-corrected chi connectivity index (χ4v) is 4.05. The van der Waals surface area contributed by atoms with Crippen LogP contribution in [0.2, 0.25) is 0 Å². The topological polar surface area (TPSA) is 52.9 Å². The third-order valence-electron chi connectivity index (χ3n) is 4.99. The largest absolute Gasteiger partial charge is 0.317 e. The van der Waals surface area contributed by atoms with Gasteiger partial charge in [-0.1, -0.05) is 26.8 Å². The minimum atomic E-state index is -0.409. The highest BCUT2D eigenvalue weighted by molar-refractivity contribution is 6.04. The van der Waals surface area contributed by atoms with Gasteiger partial charge in [-0.2, -0.15) is 5.26 Å². The van der Waals surface area contributed by atoms with E-state index in [1.54, 1.807) is 0 Å². The van der Waals surface area contributed by atoms with E-state index in [2.05, 4.69) is 18.3 Å². The molecule has 1 saturated carbocycles. The summed E-state index contributed by atoms with van der Waals surface area (Å²) < 4.78 is 0. The second-order valence-corrected chi connectivity index (χ2v) is 6.55. The van der Waals surface area contributed by atoms with E-state index in [-0.39, 0.29) is 11.2 Å². The number of ketones is 1. The van der Waals surface area contributed by atoms with Gasteiger partial charge in [0.15, 0.2) is 5.78 Å². The Balaban J connectivity index is 2.46. The van der Waals surface area contributed by atoms with E-state index < -0.39 is 5.41 Å². The van der Waals surface area contributed by atoms with E-state index in [1.165, 1.54) is 0 Å². The highest BCUT2D eigenvalue weighted by Gasteiger charge is 2.53. The van der Waals surface area contributed by atoms with E-state index in [1.807, 2.05) is 27.0 Å². The van der Waals surface area contributed by atoms with Crippen LogP contribution in [0.3, 0.4) is 0 Å². The van der Waals surface area contributed by atoms with Crippen LogP contribution >= 0.6 is 0 Å². The predicted molar refractivity (Wildman–Crippen MR) is 70.8 cm³/mol. The van der Waals surface area contributed by atoms with Crippen LogP contribution in [0.15, 0.2) is 11.6 Å². The molecule has 0 heterocycles. The Bertz CT molecular complexity index is 444. The van der Waals surface area contributed by atoms with Gasteiger partial charge < -0.3 is 5.32 Å². The molecule has 0 aromatic rings. The standard InChI is InChI=1S/C15H22N2O/c1-14(2)12-6-5-11(17-4)8-15(12,3)7-10(9-16)13(14)18/h7,11-12,17H,5-6,8H2,1-4H3/t11-,12-,15+/m0/s1. The summed E-state index contributed by atoms with van der Waals surface area (Å²) in [6.07, 6.45) is 5.12. The Morgan fingerprint density at radius 2 is 2.06 bits per heavy atom. The third kappa shape index (κ3) is 1.80. The number of carbonyl (C=O) groups is 1. The van der Waals surface area contributed by atoms with Gasteiger partial charge >= 0.3 is 0 Å². The normalized spacial score (nSPS) is 38.6. The van der Waals surface area contributed by atoms with Crippen molar-refractivity contribution >= 4 is 5.78 Å². The zero-order chi connectivity index (χ0) is 13.6.